The topological polar surface area (TPSA) is 65.4 Å². The second kappa shape index (κ2) is 4.63. The van der Waals surface area contributed by atoms with Gasteiger partial charge in [-0.25, -0.2) is 0 Å². The molecule has 1 heterocycles. The summed E-state index contributed by atoms with van der Waals surface area (Å²) < 4.78 is 0. The van der Waals surface area contributed by atoms with E-state index in [1.54, 1.807) is 13.1 Å². The van der Waals surface area contributed by atoms with Crippen LogP contribution in [-0.4, -0.2) is 20.7 Å². The molecule has 94 valence electrons. The average Bonchev–Trinajstić information content (AvgIpc) is 2.28. The van der Waals surface area contributed by atoms with E-state index in [4.69, 9.17) is 0 Å². The van der Waals surface area contributed by atoms with Crippen LogP contribution >= 0.6 is 0 Å². The van der Waals surface area contributed by atoms with Crippen LogP contribution < -0.4 is 5.32 Å². The fourth-order valence-corrected chi connectivity index (χ4v) is 2.20. The van der Waals surface area contributed by atoms with Crippen molar-refractivity contribution in [3.8, 4) is 5.75 Å². The highest BCUT2D eigenvalue weighted by Crippen LogP contribution is 2.32. The molecule has 17 heavy (non-hydrogen) atoms. The molecule has 1 aromatic rings. The maximum atomic E-state index is 9.98. The van der Waals surface area contributed by atoms with E-state index in [9.17, 15) is 10.2 Å². The van der Waals surface area contributed by atoms with E-state index in [2.05, 4.69) is 17.2 Å². The number of pyridine rings is 1. The molecule has 0 bridgehead atoms. The van der Waals surface area contributed by atoms with E-state index in [0.29, 0.717) is 17.8 Å². The first kappa shape index (κ1) is 12.3. The van der Waals surface area contributed by atoms with Crippen LogP contribution in [0.25, 0.3) is 0 Å². The molecule has 1 saturated carbocycles. The van der Waals surface area contributed by atoms with Crippen LogP contribution in [0.2, 0.25) is 0 Å². The Labute approximate surface area is 102 Å². The van der Waals surface area contributed by atoms with Crippen molar-refractivity contribution in [2.75, 3.05) is 0 Å². The number of aromatic nitrogens is 1. The van der Waals surface area contributed by atoms with Gasteiger partial charge in [-0.15, -0.1) is 0 Å². The van der Waals surface area contributed by atoms with Gasteiger partial charge in [0.15, 0.2) is 0 Å². The minimum atomic E-state index is -0.0887. The Hall–Kier alpha value is -1.13. The molecule has 0 radical (unpaired) electrons. The van der Waals surface area contributed by atoms with Crippen molar-refractivity contribution in [1.82, 2.24) is 10.3 Å². The Bertz CT molecular complexity index is 414. The third kappa shape index (κ3) is 2.42. The van der Waals surface area contributed by atoms with Crippen molar-refractivity contribution >= 4 is 0 Å². The highest BCUT2D eigenvalue weighted by Gasteiger charge is 2.31. The SMILES string of the molecule is Cc1ncc(CO)c(CNC2(C)CCC2)c1O. The lowest BCUT2D eigenvalue weighted by molar-refractivity contribution is 0.204. The number of aliphatic hydroxyl groups excluding tert-OH is 1. The molecule has 1 fully saturated rings. The minimum absolute atomic E-state index is 0.0887. The molecule has 0 amide bonds. The zero-order chi connectivity index (χ0) is 12.5. The van der Waals surface area contributed by atoms with Gasteiger partial charge in [0.2, 0.25) is 0 Å². The summed E-state index contributed by atoms with van der Waals surface area (Å²) in [5, 5.41) is 22.7. The van der Waals surface area contributed by atoms with Crippen LogP contribution in [0.5, 0.6) is 5.75 Å². The smallest absolute Gasteiger partial charge is 0.141 e. The number of rotatable bonds is 4. The van der Waals surface area contributed by atoms with Gasteiger partial charge < -0.3 is 15.5 Å². The minimum Gasteiger partial charge on any atom is -0.506 e. The predicted octanol–water partition coefficient (Wildman–Crippen LogP) is 1.62. The van der Waals surface area contributed by atoms with Crippen molar-refractivity contribution in [2.45, 2.75) is 51.8 Å². The number of aliphatic hydroxyl groups is 1. The molecule has 1 aliphatic carbocycles. The lowest BCUT2D eigenvalue weighted by Crippen LogP contribution is -2.47. The molecular formula is C13H20N2O2. The van der Waals surface area contributed by atoms with E-state index in [1.807, 2.05) is 0 Å². The van der Waals surface area contributed by atoms with E-state index < -0.39 is 0 Å². The highest BCUT2D eigenvalue weighted by atomic mass is 16.3. The Morgan fingerprint density at radius 3 is 2.71 bits per heavy atom. The predicted molar refractivity (Wildman–Crippen MR) is 65.7 cm³/mol. The van der Waals surface area contributed by atoms with Crippen LogP contribution in [0.3, 0.4) is 0 Å². The second-order valence-corrected chi connectivity index (χ2v) is 5.12. The number of hydrogen-bond donors (Lipinski definition) is 3. The van der Waals surface area contributed by atoms with E-state index in [-0.39, 0.29) is 17.9 Å². The molecule has 0 spiro atoms. The molecule has 2 rings (SSSR count). The molecule has 0 aromatic carbocycles. The maximum Gasteiger partial charge on any atom is 0.141 e. The van der Waals surface area contributed by atoms with Crippen molar-refractivity contribution in [2.24, 2.45) is 0 Å². The zero-order valence-electron chi connectivity index (χ0n) is 10.5. The quantitative estimate of drug-likeness (QED) is 0.743. The van der Waals surface area contributed by atoms with Gasteiger partial charge in [-0.1, -0.05) is 0 Å². The molecular weight excluding hydrogens is 216 g/mol. The molecule has 1 aliphatic rings. The van der Waals surface area contributed by atoms with Crippen molar-refractivity contribution in [3.63, 3.8) is 0 Å². The summed E-state index contributed by atoms with van der Waals surface area (Å²) in [5.41, 5.74) is 2.27. The fraction of sp³-hybridized carbons (Fsp3) is 0.615. The van der Waals surface area contributed by atoms with Gasteiger partial charge in [-0.05, 0) is 33.1 Å². The van der Waals surface area contributed by atoms with Crippen molar-refractivity contribution in [1.29, 1.82) is 0 Å². The number of nitrogens with one attached hydrogen (secondary N) is 1. The van der Waals surface area contributed by atoms with Gasteiger partial charge in [0.25, 0.3) is 0 Å². The van der Waals surface area contributed by atoms with E-state index in [0.717, 1.165) is 5.56 Å². The molecule has 0 unspecified atom stereocenters. The van der Waals surface area contributed by atoms with Crippen LogP contribution in [0, 0.1) is 6.92 Å². The largest absolute Gasteiger partial charge is 0.506 e. The number of hydrogen-bond acceptors (Lipinski definition) is 4. The summed E-state index contributed by atoms with van der Waals surface area (Å²) in [5.74, 6) is 0.201. The summed E-state index contributed by atoms with van der Waals surface area (Å²) in [7, 11) is 0. The van der Waals surface area contributed by atoms with Crippen molar-refractivity contribution < 1.29 is 10.2 Å². The van der Waals surface area contributed by atoms with Gasteiger partial charge in [0, 0.05) is 29.4 Å². The Morgan fingerprint density at radius 2 is 2.18 bits per heavy atom. The summed E-state index contributed by atoms with van der Waals surface area (Å²) >= 11 is 0. The van der Waals surface area contributed by atoms with Gasteiger partial charge in [0.1, 0.15) is 5.75 Å². The third-order valence-electron chi connectivity index (χ3n) is 3.75. The maximum absolute atomic E-state index is 9.98. The molecule has 0 aliphatic heterocycles. The second-order valence-electron chi connectivity index (χ2n) is 5.12. The zero-order valence-corrected chi connectivity index (χ0v) is 10.5. The van der Waals surface area contributed by atoms with E-state index in [1.165, 1.54) is 19.3 Å². The van der Waals surface area contributed by atoms with Crippen LogP contribution in [0.4, 0.5) is 0 Å². The Kier molecular flexibility index (Phi) is 3.35. The third-order valence-corrected chi connectivity index (χ3v) is 3.75. The van der Waals surface area contributed by atoms with Gasteiger partial charge in [-0.2, -0.15) is 0 Å². The number of aryl methyl sites for hydroxylation is 1. The standard InChI is InChI=1S/C13H20N2O2/c1-9-12(17)11(10(8-16)6-14-9)7-15-13(2)4-3-5-13/h6,15-17H,3-5,7-8H2,1-2H3. The first-order chi connectivity index (χ1) is 8.06. The monoisotopic (exact) mass is 236 g/mol. The average molecular weight is 236 g/mol. The molecule has 3 N–H and O–H groups in total. The van der Waals surface area contributed by atoms with E-state index >= 15 is 0 Å². The van der Waals surface area contributed by atoms with Crippen molar-refractivity contribution in [3.05, 3.63) is 23.0 Å². The summed E-state index contributed by atoms with van der Waals surface area (Å²) in [6, 6.07) is 0. The normalized spacial score (nSPS) is 17.8. The molecule has 0 saturated heterocycles. The number of aromatic hydroxyl groups is 1. The van der Waals surface area contributed by atoms with Gasteiger partial charge >= 0.3 is 0 Å². The number of nitrogens with zero attached hydrogens (tertiary/aromatic N) is 1. The van der Waals surface area contributed by atoms with Gasteiger partial charge in [0.05, 0.1) is 12.3 Å². The molecule has 4 nitrogen and oxygen atoms in total. The summed E-state index contributed by atoms with van der Waals surface area (Å²) in [6.45, 7) is 4.46. The van der Waals surface area contributed by atoms with Gasteiger partial charge in [-0.3, -0.25) is 4.98 Å². The Balaban J connectivity index is 2.15. The first-order valence-electron chi connectivity index (χ1n) is 6.08. The molecule has 4 heteroatoms. The fourth-order valence-electron chi connectivity index (χ4n) is 2.20. The van der Waals surface area contributed by atoms with Crippen LogP contribution in [0.1, 0.15) is 43.0 Å². The van der Waals surface area contributed by atoms with Crippen LogP contribution in [0.15, 0.2) is 6.20 Å². The molecule has 0 atom stereocenters. The summed E-state index contributed by atoms with van der Waals surface area (Å²) in [6.07, 6.45) is 5.24. The lowest BCUT2D eigenvalue weighted by Gasteiger charge is -2.39. The Morgan fingerprint density at radius 1 is 1.47 bits per heavy atom. The lowest BCUT2D eigenvalue weighted by atomic mass is 9.78. The summed E-state index contributed by atoms with van der Waals surface area (Å²) in [4.78, 5) is 4.05. The van der Waals surface area contributed by atoms with Crippen LogP contribution in [-0.2, 0) is 13.2 Å². The molecule has 1 aromatic heterocycles. The highest BCUT2D eigenvalue weighted by molar-refractivity contribution is 5.40. The first-order valence-corrected chi connectivity index (χ1v) is 6.08.